The minimum atomic E-state index is 0.539. The molecule has 0 unspecified atom stereocenters. The molecule has 0 aliphatic rings. The number of fused-ring (bicyclic) bond motifs is 1. The molecule has 4 heteroatoms. The van der Waals surface area contributed by atoms with Crippen molar-refractivity contribution in [1.29, 1.82) is 0 Å². The van der Waals surface area contributed by atoms with Gasteiger partial charge in [-0.05, 0) is 47.0 Å². The molecular formula is C11H11BrN2O. The van der Waals surface area contributed by atoms with Gasteiger partial charge in [0.1, 0.15) is 5.52 Å². The van der Waals surface area contributed by atoms with E-state index in [-0.39, 0.29) is 0 Å². The van der Waals surface area contributed by atoms with Crippen molar-refractivity contribution >= 4 is 27.0 Å². The third-order valence-electron chi connectivity index (χ3n) is 2.47. The number of aryl methyl sites for hydroxylation is 1. The summed E-state index contributed by atoms with van der Waals surface area (Å²) in [6, 6.07) is 2.02. The van der Waals surface area contributed by atoms with Crippen molar-refractivity contribution in [1.82, 2.24) is 9.97 Å². The molecule has 15 heavy (non-hydrogen) atoms. The van der Waals surface area contributed by atoms with Crippen molar-refractivity contribution in [2.75, 3.05) is 7.11 Å². The Balaban J connectivity index is 2.80. The van der Waals surface area contributed by atoms with Gasteiger partial charge in [0.15, 0.2) is 0 Å². The molecule has 0 spiro atoms. The third kappa shape index (κ3) is 1.69. The molecule has 0 bridgehead atoms. The Kier molecular flexibility index (Phi) is 2.61. The van der Waals surface area contributed by atoms with Gasteiger partial charge in [0.2, 0.25) is 5.88 Å². The van der Waals surface area contributed by atoms with Crippen molar-refractivity contribution in [2.24, 2.45) is 0 Å². The first-order valence-corrected chi connectivity index (χ1v) is 5.39. The molecule has 0 aliphatic heterocycles. The fraction of sp³-hybridized carbons (Fsp3) is 0.273. The van der Waals surface area contributed by atoms with E-state index in [0.717, 1.165) is 15.5 Å². The molecule has 0 N–H and O–H groups in total. The maximum atomic E-state index is 5.04. The van der Waals surface area contributed by atoms with Gasteiger partial charge in [-0.2, -0.15) is 0 Å². The average molecular weight is 267 g/mol. The molecule has 0 saturated carbocycles. The van der Waals surface area contributed by atoms with Crippen LogP contribution in [0.2, 0.25) is 0 Å². The molecule has 2 aromatic rings. The number of hydrogen-bond donors (Lipinski definition) is 0. The van der Waals surface area contributed by atoms with Crippen molar-refractivity contribution in [3.63, 3.8) is 0 Å². The van der Waals surface area contributed by atoms with Crippen LogP contribution in [-0.4, -0.2) is 17.1 Å². The van der Waals surface area contributed by atoms with E-state index in [1.54, 1.807) is 13.3 Å². The lowest BCUT2D eigenvalue weighted by Gasteiger charge is -2.07. The normalized spacial score (nSPS) is 10.7. The van der Waals surface area contributed by atoms with Crippen molar-refractivity contribution in [3.05, 3.63) is 27.9 Å². The number of hydrogen-bond acceptors (Lipinski definition) is 3. The number of halogens is 1. The Morgan fingerprint density at radius 2 is 2.07 bits per heavy atom. The van der Waals surface area contributed by atoms with E-state index in [2.05, 4.69) is 39.7 Å². The predicted octanol–water partition coefficient (Wildman–Crippen LogP) is 3.02. The van der Waals surface area contributed by atoms with Gasteiger partial charge >= 0.3 is 0 Å². The Hall–Kier alpha value is -1.16. The molecule has 0 saturated heterocycles. The number of aromatic nitrogens is 2. The summed E-state index contributed by atoms with van der Waals surface area (Å²) in [5.74, 6) is 0.539. The predicted molar refractivity (Wildman–Crippen MR) is 63.3 cm³/mol. The number of rotatable bonds is 1. The average Bonchev–Trinajstić information content (AvgIpc) is 2.25. The lowest BCUT2D eigenvalue weighted by atomic mass is 10.1. The minimum Gasteiger partial charge on any atom is -0.480 e. The summed E-state index contributed by atoms with van der Waals surface area (Å²) in [4.78, 5) is 8.66. The summed E-state index contributed by atoms with van der Waals surface area (Å²) >= 11 is 3.53. The number of benzene rings is 1. The van der Waals surface area contributed by atoms with Crippen LogP contribution in [0, 0.1) is 13.8 Å². The van der Waals surface area contributed by atoms with Gasteiger partial charge in [0.25, 0.3) is 0 Å². The first-order chi connectivity index (χ1) is 7.13. The molecule has 78 valence electrons. The number of methoxy groups -OCH3 is 1. The standard InChI is InChI=1S/C11H11BrN2O/c1-6-4-8-11(10(12)7(6)2)13-5-9(14-8)15-3/h4-5H,1-3H3. The summed E-state index contributed by atoms with van der Waals surface area (Å²) in [6.45, 7) is 4.12. The fourth-order valence-electron chi connectivity index (χ4n) is 1.42. The molecule has 0 fully saturated rings. The molecule has 0 radical (unpaired) electrons. The van der Waals surface area contributed by atoms with Crippen LogP contribution in [0.1, 0.15) is 11.1 Å². The number of ether oxygens (including phenoxy) is 1. The summed E-state index contributed by atoms with van der Waals surface area (Å²) in [7, 11) is 1.59. The summed E-state index contributed by atoms with van der Waals surface area (Å²) < 4.78 is 6.05. The molecule has 2 rings (SSSR count). The van der Waals surface area contributed by atoms with Gasteiger partial charge in [0.05, 0.1) is 18.8 Å². The first-order valence-electron chi connectivity index (χ1n) is 4.60. The van der Waals surface area contributed by atoms with Gasteiger partial charge < -0.3 is 4.74 Å². The van der Waals surface area contributed by atoms with Crippen molar-refractivity contribution in [3.8, 4) is 5.88 Å². The maximum Gasteiger partial charge on any atom is 0.232 e. The van der Waals surface area contributed by atoms with Crippen LogP contribution in [0.4, 0.5) is 0 Å². The zero-order chi connectivity index (χ0) is 11.0. The fourth-order valence-corrected chi connectivity index (χ4v) is 2.04. The van der Waals surface area contributed by atoms with Crippen LogP contribution in [0.15, 0.2) is 16.7 Å². The number of nitrogens with zero attached hydrogens (tertiary/aromatic N) is 2. The smallest absolute Gasteiger partial charge is 0.232 e. The van der Waals surface area contributed by atoms with Crippen molar-refractivity contribution < 1.29 is 4.74 Å². The van der Waals surface area contributed by atoms with E-state index in [1.165, 1.54) is 11.1 Å². The zero-order valence-corrected chi connectivity index (χ0v) is 10.4. The highest BCUT2D eigenvalue weighted by molar-refractivity contribution is 9.10. The molecule has 0 amide bonds. The summed E-state index contributed by atoms with van der Waals surface area (Å²) in [5.41, 5.74) is 4.11. The van der Waals surface area contributed by atoms with Crippen LogP contribution in [0.25, 0.3) is 11.0 Å². The Morgan fingerprint density at radius 1 is 1.33 bits per heavy atom. The first kappa shape index (κ1) is 10.4. The molecule has 0 aliphatic carbocycles. The highest BCUT2D eigenvalue weighted by atomic mass is 79.9. The molecule has 3 nitrogen and oxygen atoms in total. The minimum absolute atomic E-state index is 0.539. The third-order valence-corrected chi connectivity index (χ3v) is 3.44. The Morgan fingerprint density at radius 3 is 2.73 bits per heavy atom. The van der Waals surface area contributed by atoms with Gasteiger partial charge in [-0.15, -0.1) is 0 Å². The summed E-state index contributed by atoms with van der Waals surface area (Å²) in [5, 5.41) is 0. The topological polar surface area (TPSA) is 35.0 Å². The second-order valence-corrected chi connectivity index (χ2v) is 4.21. The van der Waals surface area contributed by atoms with Crippen LogP contribution in [0.5, 0.6) is 5.88 Å². The molecule has 1 heterocycles. The van der Waals surface area contributed by atoms with Crippen LogP contribution >= 0.6 is 15.9 Å². The maximum absolute atomic E-state index is 5.04. The quantitative estimate of drug-likeness (QED) is 0.796. The van der Waals surface area contributed by atoms with E-state index >= 15 is 0 Å². The molecular weight excluding hydrogens is 256 g/mol. The van der Waals surface area contributed by atoms with E-state index in [4.69, 9.17) is 4.74 Å². The SMILES string of the molecule is COc1cnc2c(Br)c(C)c(C)cc2n1. The highest BCUT2D eigenvalue weighted by Gasteiger charge is 2.08. The van der Waals surface area contributed by atoms with Gasteiger partial charge in [-0.3, -0.25) is 0 Å². The van der Waals surface area contributed by atoms with E-state index in [0.29, 0.717) is 5.88 Å². The lowest BCUT2D eigenvalue weighted by molar-refractivity contribution is 0.397. The second-order valence-electron chi connectivity index (χ2n) is 3.41. The van der Waals surface area contributed by atoms with Gasteiger partial charge in [0, 0.05) is 4.47 Å². The molecule has 0 atom stereocenters. The van der Waals surface area contributed by atoms with E-state index < -0.39 is 0 Å². The van der Waals surface area contributed by atoms with Crippen LogP contribution < -0.4 is 4.74 Å². The summed E-state index contributed by atoms with van der Waals surface area (Å²) in [6.07, 6.45) is 1.63. The second kappa shape index (κ2) is 3.77. The highest BCUT2D eigenvalue weighted by Crippen LogP contribution is 2.28. The zero-order valence-electron chi connectivity index (χ0n) is 8.84. The van der Waals surface area contributed by atoms with E-state index in [1.807, 2.05) is 6.07 Å². The van der Waals surface area contributed by atoms with Gasteiger partial charge in [-0.1, -0.05) is 0 Å². The van der Waals surface area contributed by atoms with Crippen LogP contribution in [-0.2, 0) is 0 Å². The van der Waals surface area contributed by atoms with Crippen molar-refractivity contribution in [2.45, 2.75) is 13.8 Å². The van der Waals surface area contributed by atoms with E-state index in [9.17, 15) is 0 Å². The Bertz CT molecular complexity index is 525. The largest absolute Gasteiger partial charge is 0.480 e. The Labute approximate surface area is 96.6 Å². The lowest BCUT2D eigenvalue weighted by Crippen LogP contribution is -1.93. The molecule has 1 aromatic heterocycles. The van der Waals surface area contributed by atoms with Crippen LogP contribution in [0.3, 0.4) is 0 Å². The molecule has 1 aromatic carbocycles. The monoisotopic (exact) mass is 266 g/mol. The van der Waals surface area contributed by atoms with Gasteiger partial charge in [-0.25, -0.2) is 9.97 Å².